The fourth-order valence-electron chi connectivity index (χ4n) is 0.498. The maximum absolute atomic E-state index is 3.62. The van der Waals surface area contributed by atoms with Crippen LogP contribution in [0.4, 0.5) is 0 Å². The van der Waals surface area contributed by atoms with Gasteiger partial charge in [0.2, 0.25) is 0 Å². The van der Waals surface area contributed by atoms with Gasteiger partial charge in [0.15, 0.2) is 0 Å². The van der Waals surface area contributed by atoms with Crippen LogP contribution in [0.1, 0.15) is 19.3 Å². The highest BCUT2D eigenvalue weighted by molar-refractivity contribution is 4.84. The van der Waals surface area contributed by atoms with Gasteiger partial charge >= 0.3 is 0 Å². The van der Waals surface area contributed by atoms with E-state index < -0.39 is 0 Å². The topological polar surface area (TPSA) is 0 Å². The second kappa shape index (κ2) is 6.48. The van der Waals surface area contributed by atoms with E-state index >= 15 is 0 Å². The van der Waals surface area contributed by atoms with Gasteiger partial charge in [-0.05, 0) is 26.2 Å². The molecule has 0 aromatic heterocycles. The van der Waals surface area contributed by atoms with E-state index in [-0.39, 0.29) is 0 Å². The molecule has 1 radical (unpaired) electrons. The maximum atomic E-state index is 3.62. The van der Waals surface area contributed by atoms with E-state index in [0.29, 0.717) is 0 Å². The molecule has 0 atom stereocenters. The molecule has 0 bridgehead atoms. The molecule has 0 aliphatic heterocycles. The lowest BCUT2D eigenvalue weighted by Crippen LogP contribution is -1.65. The third-order valence-electron chi connectivity index (χ3n) is 0.946. The summed E-state index contributed by atoms with van der Waals surface area (Å²) in [6, 6.07) is 0. The van der Waals surface area contributed by atoms with Gasteiger partial charge in [-0.2, -0.15) is 0 Å². The Bertz CT molecular complexity index is 70.1. The minimum atomic E-state index is 1.12. The number of allylic oxidation sites excluding steroid dienone is 3. The van der Waals surface area contributed by atoms with Gasteiger partial charge < -0.3 is 0 Å². The lowest BCUT2D eigenvalue weighted by atomic mass is 10.2. The predicted molar refractivity (Wildman–Crippen MR) is 38.5 cm³/mol. The third-order valence-corrected chi connectivity index (χ3v) is 0.946. The van der Waals surface area contributed by atoms with Gasteiger partial charge in [-0.1, -0.05) is 18.2 Å². The number of rotatable bonds is 4. The number of unbranched alkanes of at least 4 members (excludes halogenated alkanes) is 2. The molecule has 0 fully saturated rings. The number of hydrogen-bond acceptors (Lipinski definition) is 0. The van der Waals surface area contributed by atoms with Gasteiger partial charge in [0.1, 0.15) is 0 Å². The second-order valence-corrected chi connectivity index (χ2v) is 1.69. The summed E-state index contributed by atoms with van der Waals surface area (Å²) in [5, 5.41) is 0. The Morgan fingerprint density at radius 3 is 2.50 bits per heavy atom. The zero-order chi connectivity index (χ0) is 6.24. The van der Waals surface area contributed by atoms with Gasteiger partial charge in [0.05, 0.1) is 0 Å². The molecule has 0 aliphatic rings. The van der Waals surface area contributed by atoms with Crippen LogP contribution in [0.5, 0.6) is 0 Å². The Balaban J connectivity index is 2.82. The lowest BCUT2D eigenvalue weighted by molar-refractivity contribution is 0.870. The molecule has 0 aromatic carbocycles. The zero-order valence-electron chi connectivity index (χ0n) is 5.27. The lowest BCUT2D eigenvalue weighted by Gasteiger charge is -1.85. The summed E-state index contributed by atoms with van der Waals surface area (Å²) in [5.74, 6) is 0. The van der Waals surface area contributed by atoms with Crippen LogP contribution in [0, 0.1) is 6.92 Å². The maximum Gasteiger partial charge on any atom is -0.0316 e. The van der Waals surface area contributed by atoms with E-state index in [4.69, 9.17) is 0 Å². The van der Waals surface area contributed by atoms with Crippen LogP contribution in [0.2, 0.25) is 0 Å². The van der Waals surface area contributed by atoms with Crippen molar-refractivity contribution in [2.45, 2.75) is 19.3 Å². The minimum absolute atomic E-state index is 1.12. The van der Waals surface area contributed by atoms with Gasteiger partial charge in [0.25, 0.3) is 0 Å². The van der Waals surface area contributed by atoms with Crippen molar-refractivity contribution < 1.29 is 0 Å². The summed E-state index contributed by atoms with van der Waals surface area (Å²) in [5.41, 5.74) is 0. The molecule has 0 unspecified atom stereocenters. The SMILES string of the molecule is [CH2]/C=C/CCCC=C. The Hall–Kier alpha value is -0.520. The quantitative estimate of drug-likeness (QED) is 0.384. The highest BCUT2D eigenvalue weighted by Crippen LogP contribution is 1.95. The predicted octanol–water partition coefficient (Wildman–Crippen LogP) is 2.73. The molecule has 45 valence electrons. The molecule has 0 spiro atoms. The molecule has 0 N–H and O–H groups in total. The number of hydrogen-bond donors (Lipinski definition) is 0. The van der Waals surface area contributed by atoms with Gasteiger partial charge in [-0.25, -0.2) is 0 Å². The van der Waals surface area contributed by atoms with Crippen molar-refractivity contribution in [2.24, 2.45) is 0 Å². The first-order valence-corrected chi connectivity index (χ1v) is 2.97. The average Bonchev–Trinajstić information content (AvgIpc) is 1.81. The van der Waals surface area contributed by atoms with Crippen LogP contribution in [-0.2, 0) is 0 Å². The van der Waals surface area contributed by atoms with Gasteiger partial charge in [0, 0.05) is 0 Å². The standard InChI is InChI=1S/C8H13/c1-3-5-7-8-6-4-2/h3-5H,1-2,6-8H2/b5-3+. The summed E-state index contributed by atoms with van der Waals surface area (Å²) < 4.78 is 0. The summed E-state index contributed by atoms with van der Waals surface area (Å²) >= 11 is 0. The highest BCUT2D eigenvalue weighted by atomic mass is 13.8. The first kappa shape index (κ1) is 7.48. The van der Waals surface area contributed by atoms with Crippen LogP contribution in [0.25, 0.3) is 0 Å². The second-order valence-electron chi connectivity index (χ2n) is 1.69. The van der Waals surface area contributed by atoms with Crippen LogP contribution in [0.3, 0.4) is 0 Å². The smallest absolute Gasteiger partial charge is 0.0316 e. The average molecular weight is 109 g/mol. The molecule has 0 nitrogen and oxygen atoms in total. The largest absolute Gasteiger partial charge is 0.103 e. The Labute approximate surface area is 51.9 Å². The molecular weight excluding hydrogens is 96.1 g/mol. The summed E-state index contributed by atoms with van der Waals surface area (Å²) in [4.78, 5) is 0. The fraction of sp³-hybridized carbons (Fsp3) is 0.375. The van der Waals surface area contributed by atoms with E-state index in [1.54, 1.807) is 0 Å². The normalized spacial score (nSPS) is 10.1. The van der Waals surface area contributed by atoms with Crippen molar-refractivity contribution in [3.8, 4) is 0 Å². The van der Waals surface area contributed by atoms with Crippen LogP contribution in [-0.4, -0.2) is 0 Å². The van der Waals surface area contributed by atoms with E-state index in [2.05, 4.69) is 19.6 Å². The monoisotopic (exact) mass is 109 g/mol. The Kier molecular flexibility index (Phi) is 6.06. The first-order valence-electron chi connectivity index (χ1n) is 2.97. The first-order chi connectivity index (χ1) is 3.91. The molecule has 0 aliphatic carbocycles. The van der Waals surface area contributed by atoms with Crippen molar-refractivity contribution in [1.82, 2.24) is 0 Å². The highest BCUT2D eigenvalue weighted by Gasteiger charge is 1.75. The van der Waals surface area contributed by atoms with Crippen molar-refractivity contribution >= 4 is 0 Å². The fourth-order valence-corrected chi connectivity index (χ4v) is 0.498. The minimum Gasteiger partial charge on any atom is -0.103 e. The Morgan fingerprint density at radius 1 is 1.25 bits per heavy atom. The van der Waals surface area contributed by atoms with E-state index in [1.807, 2.05) is 12.2 Å². The molecule has 0 saturated heterocycles. The van der Waals surface area contributed by atoms with Gasteiger partial charge in [-0.15, -0.1) is 6.58 Å². The summed E-state index contributed by atoms with van der Waals surface area (Å²) in [7, 11) is 0. The van der Waals surface area contributed by atoms with E-state index in [0.717, 1.165) is 12.8 Å². The summed E-state index contributed by atoms with van der Waals surface area (Å²) in [6.07, 6.45) is 9.30. The van der Waals surface area contributed by atoms with Crippen LogP contribution < -0.4 is 0 Å². The molecule has 0 aromatic rings. The zero-order valence-corrected chi connectivity index (χ0v) is 5.27. The molecule has 0 rings (SSSR count). The molecule has 0 heterocycles. The van der Waals surface area contributed by atoms with E-state index in [1.165, 1.54) is 6.42 Å². The van der Waals surface area contributed by atoms with Crippen molar-refractivity contribution in [3.63, 3.8) is 0 Å². The van der Waals surface area contributed by atoms with Crippen molar-refractivity contribution in [2.75, 3.05) is 0 Å². The summed E-state index contributed by atoms with van der Waals surface area (Å²) in [6.45, 7) is 7.20. The van der Waals surface area contributed by atoms with Crippen molar-refractivity contribution in [1.29, 1.82) is 0 Å². The third kappa shape index (κ3) is 5.48. The molecule has 0 saturated carbocycles. The van der Waals surface area contributed by atoms with Crippen molar-refractivity contribution in [3.05, 3.63) is 31.7 Å². The van der Waals surface area contributed by atoms with E-state index in [9.17, 15) is 0 Å². The van der Waals surface area contributed by atoms with Crippen LogP contribution >= 0.6 is 0 Å². The molecular formula is C8H13. The van der Waals surface area contributed by atoms with Gasteiger partial charge in [-0.3, -0.25) is 0 Å². The van der Waals surface area contributed by atoms with Crippen LogP contribution in [0.15, 0.2) is 24.8 Å². The molecule has 8 heavy (non-hydrogen) atoms. The molecule has 0 heteroatoms. The Morgan fingerprint density at radius 2 is 2.00 bits per heavy atom. The molecule has 0 amide bonds.